The maximum Gasteiger partial charge on any atom is 0.163 e. The molecule has 4 rings (SSSR count). The SMILES string of the molecule is COc1cc(C(=O)CCC2CCN(Cc3cnc(-c4ccccc4)s3)CC2)ccc1Cl. The van der Waals surface area contributed by atoms with Crippen molar-refractivity contribution in [2.45, 2.75) is 32.2 Å². The van der Waals surface area contributed by atoms with Gasteiger partial charge in [0.1, 0.15) is 10.8 Å². The van der Waals surface area contributed by atoms with Crippen molar-refractivity contribution >= 4 is 28.7 Å². The van der Waals surface area contributed by atoms with Crippen LogP contribution in [0.4, 0.5) is 0 Å². The number of hydrogen-bond donors (Lipinski definition) is 0. The molecule has 1 fully saturated rings. The van der Waals surface area contributed by atoms with E-state index in [1.807, 2.05) is 12.3 Å². The summed E-state index contributed by atoms with van der Waals surface area (Å²) in [6, 6.07) is 15.6. The molecule has 1 aromatic heterocycles. The molecule has 3 aromatic rings. The van der Waals surface area contributed by atoms with E-state index in [-0.39, 0.29) is 5.78 Å². The van der Waals surface area contributed by atoms with Crippen LogP contribution in [0.25, 0.3) is 10.6 Å². The third-order valence-corrected chi connectivity index (χ3v) is 7.26. The van der Waals surface area contributed by atoms with Crippen LogP contribution in [0.5, 0.6) is 5.75 Å². The second-order valence-electron chi connectivity index (χ2n) is 8.03. The number of hydrogen-bond acceptors (Lipinski definition) is 5. The summed E-state index contributed by atoms with van der Waals surface area (Å²) in [5, 5.41) is 1.62. The highest BCUT2D eigenvalue weighted by molar-refractivity contribution is 7.15. The van der Waals surface area contributed by atoms with Gasteiger partial charge in [0, 0.05) is 35.2 Å². The lowest BCUT2D eigenvalue weighted by molar-refractivity contribution is 0.0961. The Morgan fingerprint density at radius 3 is 2.71 bits per heavy atom. The number of thiazole rings is 1. The first-order valence-electron chi connectivity index (χ1n) is 10.7. The average molecular weight is 455 g/mol. The second kappa shape index (κ2) is 10.4. The number of halogens is 1. The van der Waals surface area contributed by atoms with E-state index in [0.29, 0.717) is 28.7 Å². The Balaban J connectivity index is 1.23. The molecule has 1 aliphatic heterocycles. The number of piperidine rings is 1. The van der Waals surface area contributed by atoms with Gasteiger partial charge in [0.05, 0.1) is 12.1 Å². The molecule has 1 saturated heterocycles. The van der Waals surface area contributed by atoms with Crippen LogP contribution in [-0.2, 0) is 6.54 Å². The largest absolute Gasteiger partial charge is 0.495 e. The van der Waals surface area contributed by atoms with Crippen LogP contribution in [-0.4, -0.2) is 35.9 Å². The first-order valence-corrected chi connectivity index (χ1v) is 11.9. The Morgan fingerprint density at radius 1 is 1.19 bits per heavy atom. The van der Waals surface area contributed by atoms with Gasteiger partial charge >= 0.3 is 0 Å². The van der Waals surface area contributed by atoms with Gasteiger partial charge in [-0.25, -0.2) is 4.98 Å². The lowest BCUT2D eigenvalue weighted by Crippen LogP contribution is -2.33. The van der Waals surface area contributed by atoms with E-state index < -0.39 is 0 Å². The number of ketones is 1. The first kappa shape index (κ1) is 22.0. The maximum absolute atomic E-state index is 12.6. The topological polar surface area (TPSA) is 42.4 Å². The molecule has 0 N–H and O–H groups in total. The third kappa shape index (κ3) is 5.73. The van der Waals surface area contributed by atoms with Gasteiger partial charge in [0.2, 0.25) is 0 Å². The van der Waals surface area contributed by atoms with Crippen LogP contribution in [0.3, 0.4) is 0 Å². The number of aromatic nitrogens is 1. The molecular formula is C25H27ClN2O2S. The van der Waals surface area contributed by atoms with Crippen LogP contribution in [0.2, 0.25) is 5.02 Å². The highest BCUT2D eigenvalue weighted by atomic mass is 35.5. The Bertz CT molecular complexity index is 1010. The van der Waals surface area contributed by atoms with Crippen molar-refractivity contribution in [1.29, 1.82) is 0 Å². The second-order valence-corrected chi connectivity index (χ2v) is 9.55. The molecule has 0 bridgehead atoms. The number of Topliss-reactive ketones (excluding diaryl/α,β-unsaturated/α-hetero) is 1. The Labute approximate surface area is 192 Å². The summed E-state index contributed by atoms with van der Waals surface area (Å²) < 4.78 is 5.22. The van der Waals surface area contributed by atoms with Gasteiger partial charge in [-0.1, -0.05) is 41.9 Å². The lowest BCUT2D eigenvalue weighted by Gasteiger charge is -2.31. The summed E-state index contributed by atoms with van der Waals surface area (Å²) in [6.45, 7) is 3.11. The number of rotatable bonds is 8. The molecule has 1 aliphatic rings. The monoisotopic (exact) mass is 454 g/mol. The summed E-state index contributed by atoms with van der Waals surface area (Å²) in [7, 11) is 1.57. The fraction of sp³-hybridized carbons (Fsp3) is 0.360. The highest BCUT2D eigenvalue weighted by Crippen LogP contribution is 2.29. The van der Waals surface area contributed by atoms with Crippen molar-refractivity contribution in [2.75, 3.05) is 20.2 Å². The minimum absolute atomic E-state index is 0.162. The molecule has 31 heavy (non-hydrogen) atoms. The fourth-order valence-electron chi connectivity index (χ4n) is 4.06. The molecule has 0 atom stereocenters. The standard InChI is InChI=1S/C25H27ClN2O2S/c1-30-24-15-20(8-9-22(24)26)23(29)10-7-18-11-13-28(14-12-18)17-21-16-27-25(31-21)19-5-3-2-4-6-19/h2-6,8-9,15-16,18H,7,10-14,17H2,1H3. The van der Waals surface area contributed by atoms with Crippen molar-refractivity contribution in [1.82, 2.24) is 9.88 Å². The van der Waals surface area contributed by atoms with Crippen molar-refractivity contribution in [3.63, 3.8) is 0 Å². The summed E-state index contributed by atoms with van der Waals surface area (Å²) in [5.74, 6) is 1.32. The molecule has 0 saturated carbocycles. The summed E-state index contributed by atoms with van der Waals surface area (Å²) in [6.07, 6.45) is 5.81. The number of carbonyl (C=O) groups is 1. The number of ether oxygens (including phenoxy) is 1. The van der Waals surface area contributed by atoms with Gasteiger partial charge in [0.25, 0.3) is 0 Å². The summed E-state index contributed by atoms with van der Waals surface area (Å²) in [4.78, 5) is 21.0. The van der Waals surface area contributed by atoms with Crippen LogP contribution in [0.1, 0.15) is 40.9 Å². The van der Waals surface area contributed by atoms with Gasteiger partial charge in [-0.05, 0) is 56.5 Å². The number of carbonyl (C=O) groups excluding carboxylic acids is 1. The predicted molar refractivity (Wildman–Crippen MR) is 127 cm³/mol. The summed E-state index contributed by atoms with van der Waals surface area (Å²) in [5.41, 5.74) is 1.86. The number of benzene rings is 2. The average Bonchev–Trinajstić information content (AvgIpc) is 3.28. The molecule has 4 nitrogen and oxygen atoms in total. The van der Waals surface area contributed by atoms with Crippen molar-refractivity contribution in [3.05, 3.63) is 70.2 Å². The highest BCUT2D eigenvalue weighted by Gasteiger charge is 2.21. The van der Waals surface area contributed by atoms with Gasteiger partial charge in [-0.2, -0.15) is 0 Å². The van der Waals surface area contributed by atoms with Crippen LogP contribution in [0, 0.1) is 5.92 Å². The number of methoxy groups -OCH3 is 1. The van der Waals surface area contributed by atoms with E-state index in [9.17, 15) is 4.79 Å². The number of nitrogens with zero attached hydrogens (tertiary/aromatic N) is 2. The molecule has 6 heteroatoms. The first-order chi connectivity index (χ1) is 15.1. The van der Waals surface area contributed by atoms with E-state index in [4.69, 9.17) is 16.3 Å². The zero-order valence-electron chi connectivity index (χ0n) is 17.7. The molecule has 0 spiro atoms. The molecule has 2 heterocycles. The van der Waals surface area contributed by atoms with Crippen molar-refractivity contribution in [3.8, 4) is 16.3 Å². The predicted octanol–water partition coefficient (Wildman–Crippen LogP) is 6.35. The van der Waals surface area contributed by atoms with E-state index in [2.05, 4.69) is 34.1 Å². The molecule has 2 aromatic carbocycles. The van der Waals surface area contributed by atoms with Gasteiger partial charge in [0.15, 0.2) is 5.78 Å². The van der Waals surface area contributed by atoms with E-state index >= 15 is 0 Å². The Hall–Kier alpha value is -2.21. The molecule has 0 radical (unpaired) electrons. The van der Waals surface area contributed by atoms with Crippen LogP contribution < -0.4 is 4.74 Å². The molecule has 0 aliphatic carbocycles. The van der Waals surface area contributed by atoms with Crippen molar-refractivity contribution in [2.24, 2.45) is 5.92 Å². The summed E-state index contributed by atoms with van der Waals surface area (Å²) >= 11 is 7.84. The Morgan fingerprint density at radius 2 is 1.97 bits per heavy atom. The molecule has 0 amide bonds. The minimum Gasteiger partial charge on any atom is -0.495 e. The molecule has 0 unspecified atom stereocenters. The van der Waals surface area contributed by atoms with E-state index in [0.717, 1.165) is 43.9 Å². The van der Waals surface area contributed by atoms with Gasteiger partial charge < -0.3 is 4.74 Å². The van der Waals surface area contributed by atoms with Gasteiger partial charge in [-0.3, -0.25) is 9.69 Å². The molecular weight excluding hydrogens is 428 g/mol. The zero-order valence-corrected chi connectivity index (χ0v) is 19.3. The minimum atomic E-state index is 0.162. The lowest BCUT2D eigenvalue weighted by atomic mass is 9.90. The normalized spacial score (nSPS) is 15.2. The number of likely N-dealkylation sites (tertiary alicyclic amines) is 1. The van der Waals surface area contributed by atoms with Gasteiger partial charge in [-0.15, -0.1) is 11.3 Å². The van der Waals surface area contributed by atoms with E-state index in [1.165, 1.54) is 10.4 Å². The smallest absolute Gasteiger partial charge is 0.163 e. The third-order valence-electron chi connectivity index (χ3n) is 5.91. The zero-order chi connectivity index (χ0) is 21.6. The molecule has 162 valence electrons. The maximum atomic E-state index is 12.6. The fourth-order valence-corrected chi connectivity index (χ4v) is 5.22. The van der Waals surface area contributed by atoms with Crippen LogP contribution in [0.15, 0.2) is 54.7 Å². The van der Waals surface area contributed by atoms with Crippen molar-refractivity contribution < 1.29 is 9.53 Å². The van der Waals surface area contributed by atoms with Crippen LogP contribution >= 0.6 is 22.9 Å². The van der Waals surface area contributed by atoms with E-state index in [1.54, 1.807) is 36.6 Å². The Kier molecular flexibility index (Phi) is 7.38. The quantitative estimate of drug-likeness (QED) is 0.372.